The third-order valence-electron chi connectivity index (χ3n) is 4.23. The molecular formula is C22H30N2O3. The van der Waals surface area contributed by atoms with Crippen LogP contribution in [0.15, 0.2) is 48.5 Å². The molecule has 0 unspecified atom stereocenters. The zero-order valence-corrected chi connectivity index (χ0v) is 16.5. The maximum atomic E-state index is 12.1. The Labute approximate surface area is 162 Å². The largest absolute Gasteiger partial charge is 0.494 e. The van der Waals surface area contributed by atoms with Gasteiger partial charge in [0, 0.05) is 30.9 Å². The highest BCUT2D eigenvalue weighted by molar-refractivity contribution is 5.90. The lowest BCUT2D eigenvalue weighted by Crippen LogP contribution is -2.21. The topological polar surface area (TPSA) is 50.8 Å². The first-order chi connectivity index (χ1) is 13.2. The summed E-state index contributed by atoms with van der Waals surface area (Å²) in [5.41, 5.74) is 1.99. The van der Waals surface area contributed by atoms with Crippen molar-refractivity contribution >= 4 is 17.3 Å². The van der Waals surface area contributed by atoms with Crippen molar-refractivity contribution in [3.05, 3.63) is 48.5 Å². The van der Waals surface area contributed by atoms with Crippen LogP contribution in [0.4, 0.5) is 11.4 Å². The van der Waals surface area contributed by atoms with Gasteiger partial charge in [-0.1, -0.05) is 0 Å². The first-order valence-corrected chi connectivity index (χ1v) is 9.66. The predicted molar refractivity (Wildman–Crippen MR) is 111 cm³/mol. The van der Waals surface area contributed by atoms with Gasteiger partial charge in [-0.05, 0) is 75.7 Å². The summed E-state index contributed by atoms with van der Waals surface area (Å²) in [5, 5.41) is 2.93. The molecule has 27 heavy (non-hydrogen) atoms. The van der Waals surface area contributed by atoms with Crippen molar-refractivity contribution < 1.29 is 14.3 Å². The Morgan fingerprint density at radius 1 is 0.889 bits per heavy atom. The molecule has 0 saturated carbocycles. The Hall–Kier alpha value is -2.69. The van der Waals surface area contributed by atoms with E-state index < -0.39 is 0 Å². The molecule has 2 aromatic rings. The molecule has 0 bridgehead atoms. The Morgan fingerprint density at radius 3 is 2.04 bits per heavy atom. The highest BCUT2D eigenvalue weighted by Crippen LogP contribution is 2.19. The lowest BCUT2D eigenvalue weighted by atomic mass is 10.2. The quantitative estimate of drug-likeness (QED) is 0.581. The second-order valence-corrected chi connectivity index (χ2v) is 6.12. The zero-order valence-electron chi connectivity index (χ0n) is 16.5. The van der Waals surface area contributed by atoms with Crippen LogP contribution in [0.3, 0.4) is 0 Å². The number of carbonyl (C=O) groups excluding carboxylic acids is 1. The van der Waals surface area contributed by atoms with Crippen molar-refractivity contribution in [3.8, 4) is 11.5 Å². The molecule has 1 N–H and O–H groups in total. The number of amides is 1. The molecule has 0 aromatic heterocycles. The van der Waals surface area contributed by atoms with Crippen LogP contribution in [0.25, 0.3) is 0 Å². The average molecular weight is 370 g/mol. The molecule has 0 aliphatic heterocycles. The lowest BCUT2D eigenvalue weighted by molar-refractivity contribution is -0.116. The van der Waals surface area contributed by atoms with Crippen molar-refractivity contribution in [3.63, 3.8) is 0 Å². The summed E-state index contributed by atoms with van der Waals surface area (Å²) in [5.74, 6) is 1.61. The van der Waals surface area contributed by atoms with Crippen LogP contribution in [0.5, 0.6) is 11.5 Å². The summed E-state index contributed by atoms with van der Waals surface area (Å²) in [6, 6.07) is 15.5. The summed E-state index contributed by atoms with van der Waals surface area (Å²) < 4.78 is 11.1. The number of nitrogens with one attached hydrogen (secondary N) is 1. The number of carbonyl (C=O) groups is 1. The first kappa shape index (κ1) is 20.6. The Balaban J connectivity index is 1.70. The number of ether oxygens (including phenoxy) is 2. The van der Waals surface area contributed by atoms with Crippen molar-refractivity contribution in [2.45, 2.75) is 33.6 Å². The first-order valence-electron chi connectivity index (χ1n) is 9.66. The van der Waals surface area contributed by atoms with E-state index in [0.717, 1.165) is 30.3 Å². The van der Waals surface area contributed by atoms with Crippen LogP contribution in [0.1, 0.15) is 33.6 Å². The average Bonchev–Trinajstić information content (AvgIpc) is 2.69. The predicted octanol–water partition coefficient (Wildman–Crippen LogP) is 4.73. The van der Waals surface area contributed by atoms with Gasteiger partial charge in [-0.3, -0.25) is 4.79 Å². The molecule has 0 saturated heterocycles. The lowest BCUT2D eigenvalue weighted by Gasteiger charge is -2.21. The van der Waals surface area contributed by atoms with Gasteiger partial charge < -0.3 is 19.7 Å². The Kier molecular flexibility index (Phi) is 8.49. The second kappa shape index (κ2) is 11.1. The molecule has 0 aliphatic carbocycles. The SMILES string of the molecule is CCOc1ccc(OCCCC(=O)Nc2ccc(N(CC)CC)cc2)cc1. The molecule has 5 nitrogen and oxygen atoms in total. The van der Waals surface area contributed by atoms with Crippen molar-refractivity contribution in [2.75, 3.05) is 36.5 Å². The molecule has 0 atom stereocenters. The molecule has 0 radical (unpaired) electrons. The van der Waals surface area contributed by atoms with Crippen LogP contribution in [-0.2, 0) is 4.79 Å². The molecule has 2 rings (SSSR count). The molecule has 0 heterocycles. The zero-order chi connectivity index (χ0) is 19.5. The summed E-state index contributed by atoms with van der Waals surface area (Å²) in [6.07, 6.45) is 1.09. The number of benzene rings is 2. The summed E-state index contributed by atoms with van der Waals surface area (Å²) in [7, 11) is 0. The molecule has 0 spiro atoms. The van der Waals surface area contributed by atoms with Crippen LogP contribution in [-0.4, -0.2) is 32.2 Å². The van der Waals surface area contributed by atoms with Crippen molar-refractivity contribution in [1.82, 2.24) is 0 Å². The third-order valence-corrected chi connectivity index (χ3v) is 4.23. The van der Waals surface area contributed by atoms with Gasteiger partial charge in [0.25, 0.3) is 0 Å². The fraction of sp³-hybridized carbons (Fsp3) is 0.409. The summed E-state index contributed by atoms with van der Waals surface area (Å²) in [4.78, 5) is 14.3. The fourth-order valence-electron chi connectivity index (χ4n) is 2.79. The van der Waals surface area contributed by atoms with Gasteiger partial charge in [0.2, 0.25) is 5.91 Å². The molecule has 0 aliphatic rings. The van der Waals surface area contributed by atoms with Crippen LogP contribution >= 0.6 is 0 Å². The maximum Gasteiger partial charge on any atom is 0.224 e. The van der Waals surface area contributed by atoms with E-state index in [1.165, 1.54) is 5.69 Å². The van der Waals surface area contributed by atoms with E-state index in [1.54, 1.807) is 0 Å². The number of hydrogen-bond acceptors (Lipinski definition) is 4. The van der Waals surface area contributed by atoms with E-state index in [9.17, 15) is 4.79 Å². The van der Waals surface area contributed by atoms with E-state index in [1.807, 2.05) is 55.5 Å². The van der Waals surface area contributed by atoms with Crippen LogP contribution in [0.2, 0.25) is 0 Å². The third kappa shape index (κ3) is 6.85. The van der Waals surface area contributed by atoms with Gasteiger partial charge in [0.05, 0.1) is 13.2 Å². The monoisotopic (exact) mass is 370 g/mol. The molecule has 0 fully saturated rings. The van der Waals surface area contributed by atoms with Gasteiger partial charge in [-0.25, -0.2) is 0 Å². The smallest absolute Gasteiger partial charge is 0.224 e. The highest BCUT2D eigenvalue weighted by atomic mass is 16.5. The highest BCUT2D eigenvalue weighted by Gasteiger charge is 2.05. The van der Waals surface area contributed by atoms with E-state index in [-0.39, 0.29) is 5.91 Å². The van der Waals surface area contributed by atoms with Gasteiger partial charge in [0.1, 0.15) is 11.5 Å². The fourth-order valence-corrected chi connectivity index (χ4v) is 2.79. The van der Waals surface area contributed by atoms with Gasteiger partial charge in [-0.15, -0.1) is 0 Å². The molecule has 146 valence electrons. The van der Waals surface area contributed by atoms with Gasteiger partial charge in [0.15, 0.2) is 0 Å². The van der Waals surface area contributed by atoms with Gasteiger partial charge >= 0.3 is 0 Å². The minimum atomic E-state index is 0.000817. The Morgan fingerprint density at radius 2 is 1.48 bits per heavy atom. The van der Waals surface area contributed by atoms with Crippen LogP contribution < -0.4 is 19.7 Å². The molecular weight excluding hydrogens is 340 g/mol. The van der Waals surface area contributed by atoms with Gasteiger partial charge in [-0.2, -0.15) is 0 Å². The number of rotatable bonds is 11. The molecule has 1 amide bonds. The van der Waals surface area contributed by atoms with Crippen molar-refractivity contribution in [2.24, 2.45) is 0 Å². The standard InChI is InChI=1S/C22H30N2O3/c1-4-24(5-2)19-11-9-18(10-12-19)23-22(25)8-7-17-27-21-15-13-20(14-16-21)26-6-3/h9-16H,4-8,17H2,1-3H3,(H,23,25). The van der Waals surface area contributed by atoms with Crippen molar-refractivity contribution in [1.29, 1.82) is 0 Å². The Bertz CT molecular complexity index is 680. The minimum absolute atomic E-state index is 0.000817. The number of hydrogen-bond donors (Lipinski definition) is 1. The van der Waals surface area contributed by atoms with E-state index in [4.69, 9.17) is 9.47 Å². The number of nitrogens with zero attached hydrogens (tertiary/aromatic N) is 1. The van der Waals surface area contributed by atoms with E-state index in [2.05, 4.69) is 24.1 Å². The maximum absolute atomic E-state index is 12.1. The number of anilines is 2. The van der Waals surface area contributed by atoms with E-state index >= 15 is 0 Å². The minimum Gasteiger partial charge on any atom is -0.494 e. The second-order valence-electron chi connectivity index (χ2n) is 6.12. The summed E-state index contributed by atoms with van der Waals surface area (Å²) >= 11 is 0. The normalized spacial score (nSPS) is 10.3. The van der Waals surface area contributed by atoms with E-state index in [0.29, 0.717) is 26.1 Å². The molecule has 2 aromatic carbocycles. The molecule has 5 heteroatoms. The summed E-state index contributed by atoms with van der Waals surface area (Å²) in [6.45, 7) is 9.31. The van der Waals surface area contributed by atoms with Crippen LogP contribution in [0, 0.1) is 0 Å².